The first-order chi connectivity index (χ1) is 22.8. The molecule has 250 valence electrons. The van der Waals surface area contributed by atoms with Gasteiger partial charge in [-0.3, -0.25) is 28.8 Å². The minimum Gasteiger partial charge on any atom is -0.344 e. The van der Waals surface area contributed by atoms with Gasteiger partial charge in [-0.05, 0) is 48.1 Å². The lowest BCUT2D eigenvalue weighted by molar-refractivity contribution is -0.138. The highest BCUT2D eigenvalue weighted by Crippen LogP contribution is 2.27. The van der Waals surface area contributed by atoms with Crippen LogP contribution in [0.3, 0.4) is 0 Å². The summed E-state index contributed by atoms with van der Waals surface area (Å²) in [5.41, 5.74) is 3.12. The molecule has 0 radical (unpaired) electrons. The summed E-state index contributed by atoms with van der Waals surface area (Å²) in [5.74, 6) is -0.780. The maximum Gasteiger partial charge on any atom is 0.270 e. The molecule has 11 heteroatoms. The van der Waals surface area contributed by atoms with Crippen LogP contribution < -0.4 is 16.0 Å². The van der Waals surface area contributed by atoms with Crippen LogP contribution in [-0.4, -0.2) is 81.5 Å². The zero-order chi connectivity index (χ0) is 33.2. The maximum absolute atomic E-state index is 13.6. The molecule has 1 saturated heterocycles. The molecule has 2 atom stereocenters. The molecular formula is C36H47N7O4. The van der Waals surface area contributed by atoms with Crippen molar-refractivity contribution in [2.75, 3.05) is 31.5 Å². The summed E-state index contributed by atoms with van der Waals surface area (Å²) < 4.78 is 1.50. The molecule has 0 unspecified atom stereocenters. The van der Waals surface area contributed by atoms with Crippen molar-refractivity contribution in [3.05, 3.63) is 83.7 Å². The molecule has 1 aromatic heterocycles. The molecule has 1 aliphatic carbocycles. The molecule has 1 saturated carbocycles. The molecule has 5 rings (SSSR count). The lowest BCUT2D eigenvalue weighted by atomic mass is 9.83. The zero-order valence-corrected chi connectivity index (χ0v) is 27.5. The van der Waals surface area contributed by atoms with Gasteiger partial charge >= 0.3 is 0 Å². The van der Waals surface area contributed by atoms with E-state index < -0.39 is 12.1 Å². The molecule has 2 aliphatic rings. The SMILES string of the molecule is CCC(=O)N[C@H](Cc1ccc(NC(=O)[C@@H](NC(=O)c2ccnn2C)C2CCCCC2)cc1)C(=O)N1CCN(Cc2ccccc2)CC1. The standard InChI is InChI=1S/C36H47N7O4/c1-3-32(44)39-30(36(47)43-22-20-42(21-23-43)25-27-10-6-4-7-11-27)24-26-14-16-29(17-15-26)38-35(46)33(28-12-8-5-9-13-28)40-34(45)31-18-19-37-41(31)2/h4,6-7,10-11,14-19,28,30,33H,3,5,8-9,12-13,20-25H2,1-2H3,(H,38,46)(H,39,44)(H,40,45)/t30-,33+/m1/s1. The normalized spacial score (nSPS) is 17.0. The van der Waals surface area contributed by atoms with Crippen molar-refractivity contribution in [1.82, 2.24) is 30.2 Å². The molecule has 2 fully saturated rings. The van der Waals surface area contributed by atoms with E-state index in [4.69, 9.17) is 0 Å². The summed E-state index contributed by atoms with van der Waals surface area (Å²) in [6.07, 6.45) is 7.14. The number of nitrogens with one attached hydrogen (secondary N) is 3. The van der Waals surface area contributed by atoms with Crippen molar-refractivity contribution < 1.29 is 19.2 Å². The number of piperazine rings is 1. The van der Waals surface area contributed by atoms with Crippen LogP contribution >= 0.6 is 0 Å². The summed E-state index contributed by atoms with van der Waals surface area (Å²) in [4.78, 5) is 56.8. The molecule has 0 spiro atoms. The fraction of sp³-hybridized carbons (Fsp3) is 0.472. The van der Waals surface area contributed by atoms with E-state index in [1.54, 1.807) is 38.4 Å². The van der Waals surface area contributed by atoms with Gasteiger partial charge in [0.25, 0.3) is 5.91 Å². The predicted octanol–water partition coefficient (Wildman–Crippen LogP) is 3.52. The number of nitrogens with zero attached hydrogens (tertiary/aromatic N) is 4. The van der Waals surface area contributed by atoms with Crippen LogP contribution in [-0.2, 0) is 34.4 Å². The topological polar surface area (TPSA) is 129 Å². The molecule has 0 bridgehead atoms. The third kappa shape index (κ3) is 9.28. The molecule has 3 N–H and O–H groups in total. The van der Waals surface area contributed by atoms with E-state index in [1.165, 1.54) is 10.2 Å². The quantitative estimate of drug-likeness (QED) is 0.278. The Kier molecular flexibility index (Phi) is 11.8. The fourth-order valence-electron chi connectivity index (χ4n) is 6.54. The summed E-state index contributed by atoms with van der Waals surface area (Å²) in [5, 5.41) is 13.0. The van der Waals surface area contributed by atoms with Crippen molar-refractivity contribution in [2.24, 2.45) is 13.0 Å². The monoisotopic (exact) mass is 641 g/mol. The summed E-state index contributed by atoms with van der Waals surface area (Å²) in [6.45, 7) is 5.38. The largest absolute Gasteiger partial charge is 0.344 e. The lowest BCUT2D eigenvalue weighted by Crippen LogP contribution is -2.55. The Morgan fingerprint density at radius 3 is 2.19 bits per heavy atom. The van der Waals surface area contributed by atoms with Crippen LogP contribution in [0.5, 0.6) is 0 Å². The second-order valence-corrected chi connectivity index (χ2v) is 12.6. The number of carbonyl (C=O) groups is 4. The third-order valence-electron chi connectivity index (χ3n) is 9.29. The Hall–Kier alpha value is -4.51. The number of amides is 4. The van der Waals surface area contributed by atoms with Crippen LogP contribution in [0.15, 0.2) is 66.9 Å². The molecule has 47 heavy (non-hydrogen) atoms. The summed E-state index contributed by atoms with van der Waals surface area (Å²) >= 11 is 0. The highest BCUT2D eigenvalue weighted by Gasteiger charge is 2.32. The predicted molar refractivity (Wildman–Crippen MR) is 180 cm³/mol. The van der Waals surface area contributed by atoms with Crippen molar-refractivity contribution in [2.45, 2.75) is 70.5 Å². The first-order valence-electron chi connectivity index (χ1n) is 16.8. The smallest absolute Gasteiger partial charge is 0.270 e. The van der Waals surface area contributed by atoms with E-state index in [0.717, 1.165) is 57.3 Å². The fourth-order valence-corrected chi connectivity index (χ4v) is 6.54. The van der Waals surface area contributed by atoms with Crippen LogP contribution in [0.4, 0.5) is 5.69 Å². The van der Waals surface area contributed by atoms with Gasteiger partial charge < -0.3 is 20.9 Å². The second-order valence-electron chi connectivity index (χ2n) is 12.6. The average molecular weight is 642 g/mol. The van der Waals surface area contributed by atoms with Crippen molar-refractivity contribution >= 4 is 29.3 Å². The van der Waals surface area contributed by atoms with Gasteiger partial charge in [0.15, 0.2) is 0 Å². The number of aromatic nitrogens is 2. The average Bonchev–Trinajstić information content (AvgIpc) is 3.54. The van der Waals surface area contributed by atoms with Gasteiger partial charge in [-0.2, -0.15) is 5.10 Å². The molecular weight excluding hydrogens is 594 g/mol. The third-order valence-corrected chi connectivity index (χ3v) is 9.29. The Balaban J connectivity index is 1.20. The Morgan fingerprint density at radius 1 is 0.851 bits per heavy atom. The molecule has 1 aliphatic heterocycles. The van der Waals surface area contributed by atoms with Crippen molar-refractivity contribution in [1.29, 1.82) is 0 Å². The van der Waals surface area contributed by atoms with E-state index >= 15 is 0 Å². The molecule has 11 nitrogen and oxygen atoms in total. The molecule has 2 aromatic carbocycles. The maximum atomic E-state index is 13.6. The van der Waals surface area contributed by atoms with E-state index in [0.29, 0.717) is 37.3 Å². The van der Waals surface area contributed by atoms with Crippen LogP contribution in [0, 0.1) is 5.92 Å². The molecule has 4 amide bonds. The number of aryl methyl sites for hydroxylation is 1. The Bertz CT molecular complexity index is 1490. The minimum absolute atomic E-state index is 0.0503. The van der Waals surface area contributed by atoms with Gasteiger partial charge in [0.2, 0.25) is 17.7 Å². The summed E-state index contributed by atoms with van der Waals surface area (Å²) in [6, 6.07) is 17.9. The number of carbonyl (C=O) groups excluding carboxylic acids is 4. The van der Waals surface area contributed by atoms with Crippen LogP contribution in [0.2, 0.25) is 0 Å². The lowest BCUT2D eigenvalue weighted by Gasteiger charge is -2.36. The van der Waals surface area contributed by atoms with Gasteiger partial charge in [0.1, 0.15) is 17.8 Å². The minimum atomic E-state index is -0.679. The highest BCUT2D eigenvalue weighted by atomic mass is 16.2. The van der Waals surface area contributed by atoms with Crippen molar-refractivity contribution in [3.8, 4) is 0 Å². The Morgan fingerprint density at radius 2 is 1.55 bits per heavy atom. The number of hydrogen-bond donors (Lipinski definition) is 3. The van der Waals surface area contributed by atoms with Gasteiger partial charge in [0.05, 0.1) is 0 Å². The molecule has 3 aromatic rings. The second kappa shape index (κ2) is 16.4. The molecule has 2 heterocycles. The first kappa shape index (κ1) is 33.8. The van der Waals surface area contributed by atoms with E-state index in [9.17, 15) is 19.2 Å². The highest BCUT2D eigenvalue weighted by molar-refractivity contribution is 6.00. The van der Waals surface area contributed by atoms with Gasteiger partial charge in [0, 0.05) is 64.5 Å². The van der Waals surface area contributed by atoms with Gasteiger partial charge in [-0.15, -0.1) is 0 Å². The van der Waals surface area contributed by atoms with Gasteiger partial charge in [-0.1, -0.05) is 68.7 Å². The van der Waals surface area contributed by atoms with E-state index in [-0.39, 0.29) is 29.5 Å². The van der Waals surface area contributed by atoms with E-state index in [2.05, 4.69) is 38.1 Å². The van der Waals surface area contributed by atoms with E-state index in [1.807, 2.05) is 35.2 Å². The number of hydrogen-bond acceptors (Lipinski definition) is 6. The Labute approximate surface area is 277 Å². The zero-order valence-electron chi connectivity index (χ0n) is 27.5. The first-order valence-corrected chi connectivity index (χ1v) is 16.8. The number of benzene rings is 2. The van der Waals surface area contributed by atoms with Gasteiger partial charge in [-0.25, -0.2) is 0 Å². The summed E-state index contributed by atoms with van der Waals surface area (Å²) in [7, 11) is 1.70. The van der Waals surface area contributed by atoms with Crippen molar-refractivity contribution in [3.63, 3.8) is 0 Å². The van der Waals surface area contributed by atoms with Crippen LogP contribution in [0.25, 0.3) is 0 Å². The number of anilines is 1. The van der Waals surface area contributed by atoms with Crippen LogP contribution in [0.1, 0.15) is 67.1 Å². The number of rotatable bonds is 12.